The van der Waals surface area contributed by atoms with Gasteiger partial charge in [0.25, 0.3) is 5.91 Å². The molecule has 132 valence electrons. The van der Waals surface area contributed by atoms with Crippen LogP contribution in [-0.4, -0.2) is 24.9 Å². The second-order valence-corrected chi connectivity index (χ2v) is 6.61. The van der Waals surface area contributed by atoms with E-state index >= 15 is 0 Å². The Morgan fingerprint density at radius 1 is 0.692 bits per heavy atom. The van der Waals surface area contributed by atoms with E-state index < -0.39 is 0 Å². The van der Waals surface area contributed by atoms with Crippen molar-refractivity contribution in [2.45, 2.75) is 12.1 Å². The molecule has 3 heteroatoms. The number of amides is 1. The highest BCUT2D eigenvalue weighted by Gasteiger charge is 2.30. The average molecular weight is 345 g/mol. The fraction of sp³-hybridized carbons (Fsp3) is 0.174. The van der Waals surface area contributed by atoms with Crippen LogP contribution in [0, 0.1) is 0 Å². The molecule has 3 aromatic rings. The van der Waals surface area contributed by atoms with Gasteiger partial charge in [0, 0.05) is 30.8 Å². The van der Waals surface area contributed by atoms with Gasteiger partial charge in [0.15, 0.2) is 6.04 Å². The summed E-state index contributed by atoms with van der Waals surface area (Å²) in [4.78, 5) is 14.6. The summed E-state index contributed by atoms with van der Waals surface area (Å²) >= 11 is 0. The number of nitrogens with two attached hydrogens (primary N) is 1. The lowest BCUT2D eigenvalue weighted by atomic mass is 9.96. The number of benzene rings is 3. The van der Waals surface area contributed by atoms with E-state index in [1.54, 1.807) is 4.90 Å². The van der Waals surface area contributed by atoms with E-state index in [4.69, 9.17) is 0 Å². The Kier molecular flexibility index (Phi) is 5.82. The Bertz CT molecular complexity index is 777. The van der Waals surface area contributed by atoms with Crippen LogP contribution in [0.3, 0.4) is 0 Å². The molecule has 0 radical (unpaired) electrons. The first-order chi connectivity index (χ1) is 12.7. The van der Waals surface area contributed by atoms with Crippen LogP contribution in [-0.2, 0) is 4.79 Å². The molecular weight excluding hydrogens is 320 g/mol. The molecule has 3 rings (SSSR count). The maximum atomic E-state index is 12.9. The topological polar surface area (TPSA) is 36.9 Å². The number of carbonyl (C=O) groups excluding carboxylic acids is 1. The fourth-order valence-corrected chi connectivity index (χ4v) is 3.20. The summed E-state index contributed by atoms with van der Waals surface area (Å²) < 4.78 is 0. The third-order valence-electron chi connectivity index (χ3n) is 4.57. The van der Waals surface area contributed by atoms with Gasteiger partial charge in [-0.25, -0.2) is 0 Å². The lowest BCUT2D eigenvalue weighted by Crippen LogP contribution is -2.88. The molecule has 0 fully saturated rings. The summed E-state index contributed by atoms with van der Waals surface area (Å²) in [7, 11) is 3.62. The normalized spacial score (nSPS) is 12.0. The molecule has 0 unspecified atom stereocenters. The fourth-order valence-electron chi connectivity index (χ4n) is 3.20. The van der Waals surface area contributed by atoms with Crippen molar-refractivity contribution in [2.24, 2.45) is 0 Å². The summed E-state index contributed by atoms with van der Waals surface area (Å²) in [5.41, 5.74) is 3.39. The van der Waals surface area contributed by atoms with Gasteiger partial charge in [-0.2, -0.15) is 0 Å². The van der Waals surface area contributed by atoms with Gasteiger partial charge in [-0.3, -0.25) is 4.79 Å². The molecule has 0 spiro atoms. The molecule has 0 aliphatic carbocycles. The van der Waals surface area contributed by atoms with Gasteiger partial charge in [0.2, 0.25) is 0 Å². The summed E-state index contributed by atoms with van der Waals surface area (Å²) in [6.07, 6.45) is 0. The van der Waals surface area contributed by atoms with Crippen LogP contribution >= 0.6 is 0 Å². The molecular formula is C23H25N2O+. The molecule has 3 nitrogen and oxygen atoms in total. The van der Waals surface area contributed by atoms with E-state index in [0.29, 0.717) is 0 Å². The molecule has 26 heavy (non-hydrogen) atoms. The minimum atomic E-state index is -0.295. The summed E-state index contributed by atoms with van der Waals surface area (Å²) in [5.74, 6) is 0.0908. The molecule has 1 amide bonds. The highest BCUT2D eigenvalue weighted by atomic mass is 16.2. The monoisotopic (exact) mass is 345 g/mol. The summed E-state index contributed by atoms with van der Waals surface area (Å²) in [6.45, 7) is 0. The molecule has 0 bridgehead atoms. The Morgan fingerprint density at radius 2 is 1.08 bits per heavy atom. The van der Waals surface area contributed by atoms with Crippen molar-refractivity contribution in [3.63, 3.8) is 0 Å². The quantitative estimate of drug-likeness (QED) is 0.732. The third kappa shape index (κ3) is 4.19. The Labute approximate surface area is 155 Å². The van der Waals surface area contributed by atoms with Gasteiger partial charge in [-0.1, -0.05) is 91.0 Å². The van der Waals surface area contributed by atoms with Crippen LogP contribution in [0.5, 0.6) is 0 Å². The lowest BCUT2D eigenvalue weighted by Gasteiger charge is -2.25. The third-order valence-corrected chi connectivity index (χ3v) is 4.57. The van der Waals surface area contributed by atoms with E-state index in [9.17, 15) is 4.79 Å². The van der Waals surface area contributed by atoms with Crippen molar-refractivity contribution in [3.05, 3.63) is 108 Å². The predicted molar refractivity (Wildman–Crippen MR) is 105 cm³/mol. The van der Waals surface area contributed by atoms with Crippen molar-refractivity contribution >= 4 is 5.91 Å². The number of hydrogen-bond donors (Lipinski definition) is 1. The van der Waals surface area contributed by atoms with E-state index in [-0.39, 0.29) is 18.0 Å². The van der Waals surface area contributed by atoms with Crippen LogP contribution in [0.15, 0.2) is 91.0 Å². The predicted octanol–water partition coefficient (Wildman–Crippen LogP) is 3.17. The minimum absolute atomic E-state index is 0.0477. The molecule has 3 aromatic carbocycles. The molecule has 2 N–H and O–H groups in total. The van der Waals surface area contributed by atoms with E-state index in [1.165, 1.54) is 11.1 Å². The first kappa shape index (κ1) is 17.9. The second-order valence-electron chi connectivity index (χ2n) is 6.61. The Balaban J connectivity index is 2.01. The van der Waals surface area contributed by atoms with Gasteiger partial charge in [0.05, 0.1) is 0 Å². The van der Waals surface area contributed by atoms with Gasteiger partial charge in [0.1, 0.15) is 6.04 Å². The minimum Gasteiger partial charge on any atom is -0.343 e. The van der Waals surface area contributed by atoms with Crippen molar-refractivity contribution in [1.82, 2.24) is 4.90 Å². The van der Waals surface area contributed by atoms with Crippen LogP contribution in [0.2, 0.25) is 0 Å². The largest absolute Gasteiger partial charge is 0.343 e. The zero-order valence-corrected chi connectivity index (χ0v) is 15.2. The smallest absolute Gasteiger partial charge is 0.285 e. The number of carbonyl (C=O) groups is 1. The average Bonchev–Trinajstić information content (AvgIpc) is 2.70. The number of rotatable bonds is 6. The lowest BCUT2D eigenvalue weighted by molar-refractivity contribution is -0.714. The molecule has 0 aliphatic rings. The summed E-state index contributed by atoms with van der Waals surface area (Å²) in [6, 6.07) is 30.5. The van der Waals surface area contributed by atoms with Gasteiger partial charge < -0.3 is 10.2 Å². The SMILES string of the molecule is CN(C)C(=O)[C@@H]([NH2+]C(c1ccccc1)c1ccccc1)c1ccccc1. The first-order valence-corrected chi connectivity index (χ1v) is 8.88. The zero-order chi connectivity index (χ0) is 18.4. The van der Waals surface area contributed by atoms with Crippen LogP contribution in [0.1, 0.15) is 28.8 Å². The number of quaternary nitrogens is 1. The highest BCUT2D eigenvalue weighted by molar-refractivity contribution is 5.81. The van der Waals surface area contributed by atoms with E-state index in [0.717, 1.165) is 5.56 Å². The Morgan fingerprint density at radius 3 is 1.46 bits per heavy atom. The molecule has 0 heterocycles. The van der Waals surface area contributed by atoms with Crippen molar-refractivity contribution < 1.29 is 10.1 Å². The van der Waals surface area contributed by atoms with Crippen molar-refractivity contribution in [3.8, 4) is 0 Å². The molecule has 0 aromatic heterocycles. The van der Waals surface area contributed by atoms with Gasteiger partial charge >= 0.3 is 0 Å². The maximum absolute atomic E-state index is 12.9. The molecule has 0 saturated heterocycles. The van der Waals surface area contributed by atoms with E-state index in [2.05, 4.69) is 29.6 Å². The first-order valence-electron chi connectivity index (χ1n) is 8.88. The maximum Gasteiger partial charge on any atom is 0.285 e. The van der Waals surface area contributed by atoms with Crippen LogP contribution < -0.4 is 5.32 Å². The molecule has 0 aliphatic heterocycles. The van der Waals surface area contributed by atoms with Gasteiger partial charge in [-0.05, 0) is 0 Å². The summed E-state index contributed by atoms with van der Waals surface area (Å²) in [5, 5.41) is 2.17. The number of nitrogens with zero attached hydrogens (tertiary/aromatic N) is 1. The van der Waals surface area contributed by atoms with Crippen LogP contribution in [0.4, 0.5) is 0 Å². The van der Waals surface area contributed by atoms with Crippen LogP contribution in [0.25, 0.3) is 0 Å². The number of hydrogen-bond acceptors (Lipinski definition) is 1. The second kappa shape index (κ2) is 8.45. The number of likely N-dealkylation sites (N-methyl/N-ethyl adjacent to an activating group) is 1. The van der Waals surface area contributed by atoms with E-state index in [1.807, 2.05) is 80.8 Å². The zero-order valence-electron chi connectivity index (χ0n) is 15.2. The van der Waals surface area contributed by atoms with Crippen molar-refractivity contribution in [2.75, 3.05) is 14.1 Å². The van der Waals surface area contributed by atoms with Crippen molar-refractivity contribution in [1.29, 1.82) is 0 Å². The Hall–Kier alpha value is -2.91. The molecule has 0 saturated carbocycles. The van der Waals surface area contributed by atoms with Gasteiger partial charge in [-0.15, -0.1) is 0 Å². The molecule has 1 atom stereocenters. The highest BCUT2D eigenvalue weighted by Crippen LogP contribution is 2.20. The standard InChI is InChI=1S/C23H24N2O/c1-25(2)23(26)22(20-16-10-5-11-17-20)24-21(18-12-6-3-7-13-18)19-14-8-4-9-15-19/h3-17,21-22,24H,1-2H3/p+1/t22-/m0/s1.